The van der Waals surface area contributed by atoms with Gasteiger partial charge in [0.15, 0.2) is 17.1 Å². The number of nitrogens with zero attached hydrogens (tertiary/aromatic N) is 8. The molecular weight excluding hydrogens is 418 g/mol. The van der Waals surface area contributed by atoms with Gasteiger partial charge in [-0.25, -0.2) is 9.67 Å². The highest BCUT2D eigenvalue weighted by Gasteiger charge is 2.19. The quantitative estimate of drug-likeness (QED) is 0.427. The van der Waals surface area contributed by atoms with Crippen LogP contribution in [0.4, 0.5) is 11.6 Å². The SMILES string of the molecule is Nc1nc2c(cnn2CCCN2CCN(c3ccccc3)CC2)c2nc(-c3ccco3)nn12. The van der Waals surface area contributed by atoms with Crippen molar-refractivity contribution in [3.63, 3.8) is 0 Å². The number of nitrogens with two attached hydrogens (primary N) is 1. The van der Waals surface area contributed by atoms with Gasteiger partial charge in [-0.05, 0) is 30.7 Å². The number of rotatable bonds is 6. The number of hydrogen-bond acceptors (Lipinski definition) is 8. The van der Waals surface area contributed by atoms with Crippen LogP contribution in [0.15, 0.2) is 59.3 Å². The maximum atomic E-state index is 6.19. The number of fused-ring (bicyclic) bond motifs is 3. The summed E-state index contributed by atoms with van der Waals surface area (Å²) in [6.45, 7) is 6.02. The molecule has 168 valence electrons. The van der Waals surface area contributed by atoms with Crippen molar-refractivity contribution >= 4 is 28.3 Å². The Morgan fingerprint density at radius 1 is 0.909 bits per heavy atom. The van der Waals surface area contributed by atoms with Gasteiger partial charge in [-0.2, -0.15) is 14.6 Å². The second kappa shape index (κ2) is 8.21. The van der Waals surface area contributed by atoms with Crippen molar-refractivity contribution in [2.45, 2.75) is 13.0 Å². The fraction of sp³-hybridized carbons (Fsp3) is 0.304. The predicted octanol–water partition coefficient (Wildman–Crippen LogP) is 2.53. The van der Waals surface area contributed by atoms with Crippen LogP contribution in [0.3, 0.4) is 0 Å². The maximum Gasteiger partial charge on any atom is 0.225 e. The van der Waals surface area contributed by atoms with Crippen LogP contribution in [0.2, 0.25) is 0 Å². The Kier molecular flexibility index (Phi) is 4.91. The third-order valence-electron chi connectivity index (χ3n) is 6.18. The Hall–Kier alpha value is -3.92. The van der Waals surface area contributed by atoms with E-state index >= 15 is 0 Å². The minimum absolute atomic E-state index is 0.279. The fourth-order valence-electron chi connectivity index (χ4n) is 4.44. The van der Waals surface area contributed by atoms with Gasteiger partial charge in [0.25, 0.3) is 0 Å². The van der Waals surface area contributed by atoms with Gasteiger partial charge >= 0.3 is 0 Å². The molecule has 0 spiro atoms. The lowest BCUT2D eigenvalue weighted by molar-refractivity contribution is 0.249. The number of aromatic nitrogens is 6. The molecule has 0 aliphatic carbocycles. The number of hydrogen-bond donors (Lipinski definition) is 1. The van der Waals surface area contributed by atoms with E-state index in [0.29, 0.717) is 17.2 Å². The van der Waals surface area contributed by atoms with E-state index < -0.39 is 0 Å². The molecule has 4 aromatic heterocycles. The van der Waals surface area contributed by atoms with Gasteiger partial charge in [0.1, 0.15) is 0 Å². The Bertz CT molecular complexity index is 1370. The molecule has 33 heavy (non-hydrogen) atoms. The molecule has 1 aromatic carbocycles. The Morgan fingerprint density at radius 3 is 2.55 bits per heavy atom. The van der Waals surface area contributed by atoms with E-state index in [1.54, 1.807) is 23.0 Å². The molecule has 10 nitrogen and oxygen atoms in total. The number of nitrogen functional groups attached to an aromatic ring is 1. The van der Waals surface area contributed by atoms with Crippen LogP contribution in [-0.2, 0) is 6.54 Å². The van der Waals surface area contributed by atoms with Gasteiger partial charge < -0.3 is 15.1 Å². The standard InChI is InChI=1S/C23H25N9O/c24-23-27-21-18(22-26-20(28-32(22)23)19-8-4-15-33-19)16-25-31(21)10-5-9-29-11-13-30(14-12-29)17-6-2-1-3-7-17/h1-4,6-8,15-16H,5,9-14H2,(H2,24,27). The molecule has 6 rings (SSSR count). The number of benzene rings is 1. The molecule has 1 aliphatic rings. The van der Waals surface area contributed by atoms with Crippen LogP contribution < -0.4 is 10.6 Å². The van der Waals surface area contributed by atoms with Crippen LogP contribution in [0, 0.1) is 0 Å². The smallest absolute Gasteiger partial charge is 0.225 e. The summed E-state index contributed by atoms with van der Waals surface area (Å²) in [4.78, 5) is 14.1. The van der Waals surface area contributed by atoms with Crippen molar-refractivity contribution in [3.05, 3.63) is 54.9 Å². The van der Waals surface area contributed by atoms with E-state index in [2.05, 4.69) is 60.3 Å². The number of furan rings is 1. The lowest BCUT2D eigenvalue weighted by Crippen LogP contribution is -2.46. The summed E-state index contributed by atoms with van der Waals surface area (Å²) in [5, 5.41) is 9.83. The zero-order valence-corrected chi connectivity index (χ0v) is 18.2. The van der Waals surface area contributed by atoms with E-state index in [1.165, 1.54) is 5.69 Å². The van der Waals surface area contributed by atoms with E-state index in [1.807, 2.05) is 10.7 Å². The highest BCUT2D eigenvalue weighted by Crippen LogP contribution is 2.23. The number of piperazine rings is 1. The van der Waals surface area contributed by atoms with Crippen molar-refractivity contribution in [3.8, 4) is 11.6 Å². The van der Waals surface area contributed by atoms with E-state index in [0.717, 1.165) is 56.7 Å². The fourth-order valence-corrected chi connectivity index (χ4v) is 4.44. The van der Waals surface area contributed by atoms with Crippen LogP contribution >= 0.6 is 0 Å². The summed E-state index contributed by atoms with van der Waals surface area (Å²) in [6, 6.07) is 14.2. The molecule has 0 radical (unpaired) electrons. The molecule has 2 N–H and O–H groups in total. The first-order valence-corrected chi connectivity index (χ1v) is 11.2. The minimum Gasteiger partial charge on any atom is -0.461 e. The Labute approximate surface area is 190 Å². The van der Waals surface area contributed by atoms with E-state index in [-0.39, 0.29) is 5.95 Å². The second-order valence-electron chi connectivity index (χ2n) is 8.24. The van der Waals surface area contributed by atoms with Crippen molar-refractivity contribution in [2.75, 3.05) is 43.4 Å². The monoisotopic (exact) mass is 443 g/mol. The van der Waals surface area contributed by atoms with Crippen molar-refractivity contribution in [1.82, 2.24) is 34.3 Å². The molecular formula is C23H25N9O. The predicted molar refractivity (Wildman–Crippen MR) is 126 cm³/mol. The summed E-state index contributed by atoms with van der Waals surface area (Å²) < 4.78 is 8.87. The summed E-state index contributed by atoms with van der Waals surface area (Å²) >= 11 is 0. The summed E-state index contributed by atoms with van der Waals surface area (Å²) in [5.41, 5.74) is 8.85. The average Bonchev–Trinajstić information content (AvgIpc) is 3.60. The Morgan fingerprint density at radius 2 is 1.76 bits per heavy atom. The normalized spacial score (nSPS) is 15.1. The maximum absolute atomic E-state index is 6.19. The first-order valence-electron chi connectivity index (χ1n) is 11.2. The molecule has 5 heterocycles. The summed E-state index contributed by atoms with van der Waals surface area (Å²) in [5.74, 6) is 1.34. The Balaban J connectivity index is 1.13. The highest BCUT2D eigenvalue weighted by molar-refractivity contribution is 5.90. The lowest BCUT2D eigenvalue weighted by atomic mass is 10.2. The molecule has 10 heteroatoms. The third-order valence-corrected chi connectivity index (χ3v) is 6.18. The van der Waals surface area contributed by atoms with Crippen LogP contribution in [0.1, 0.15) is 6.42 Å². The molecule has 1 fully saturated rings. The first kappa shape index (κ1) is 19.7. The third kappa shape index (κ3) is 3.68. The zero-order valence-electron chi connectivity index (χ0n) is 18.2. The van der Waals surface area contributed by atoms with Gasteiger partial charge in [0.05, 0.1) is 17.8 Å². The highest BCUT2D eigenvalue weighted by atomic mass is 16.3. The topological polar surface area (TPSA) is 107 Å². The summed E-state index contributed by atoms with van der Waals surface area (Å²) in [7, 11) is 0. The van der Waals surface area contributed by atoms with Gasteiger partial charge in [-0.3, -0.25) is 4.90 Å². The van der Waals surface area contributed by atoms with Crippen LogP contribution in [0.5, 0.6) is 0 Å². The van der Waals surface area contributed by atoms with E-state index in [4.69, 9.17) is 10.2 Å². The molecule has 0 unspecified atom stereocenters. The molecule has 0 atom stereocenters. The molecule has 1 saturated heterocycles. The number of para-hydroxylation sites is 1. The zero-order chi connectivity index (χ0) is 22.2. The molecule has 0 amide bonds. The molecule has 1 aliphatic heterocycles. The number of aryl methyl sites for hydroxylation is 1. The van der Waals surface area contributed by atoms with Gasteiger partial charge in [-0.15, -0.1) is 5.10 Å². The van der Waals surface area contributed by atoms with Crippen molar-refractivity contribution in [1.29, 1.82) is 0 Å². The first-order chi connectivity index (χ1) is 16.3. The second-order valence-corrected chi connectivity index (χ2v) is 8.24. The van der Waals surface area contributed by atoms with Gasteiger partial charge in [0.2, 0.25) is 11.8 Å². The largest absolute Gasteiger partial charge is 0.461 e. The molecule has 0 saturated carbocycles. The average molecular weight is 444 g/mol. The summed E-state index contributed by atoms with van der Waals surface area (Å²) in [6.07, 6.45) is 4.37. The van der Waals surface area contributed by atoms with Gasteiger partial charge in [-0.1, -0.05) is 18.2 Å². The number of anilines is 2. The van der Waals surface area contributed by atoms with Crippen LogP contribution in [-0.4, -0.2) is 67.0 Å². The van der Waals surface area contributed by atoms with Crippen molar-refractivity contribution in [2.24, 2.45) is 0 Å². The molecule has 0 bridgehead atoms. The van der Waals surface area contributed by atoms with Gasteiger partial charge in [0, 0.05) is 45.0 Å². The minimum atomic E-state index is 0.279. The van der Waals surface area contributed by atoms with Crippen molar-refractivity contribution < 1.29 is 4.42 Å². The van der Waals surface area contributed by atoms with E-state index in [9.17, 15) is 0 Å². The van der Waals surface area contributed by atoms with Crippen LogP contribution in [0.25, 0.3) is 28.3 Å². The lowest BCUT2D eigenvalue weighted by Gasteiger charge is -2.36. The molecule has 5 aromatic rings.